The Labute approximate surface area is 236 Å². The number of rotatable bonds is 20. The average Bonchev–Trinajstić information content (AvgIpc) is 2.86. The van der Waals surface area contributed by atoms with Crippen molar-refractivity contribution in [3.05, 3.63) is 58.7 Å². The van der Waals surface area contributed by atoms with Gasteiger partial charge in [-0.25, -0.2) is 0 Å². The number of carbonyl (C=O) groups is 1. The summed E-state index contributed by atoms with van der Waals surface area (Å²) in [7, 11) is 0. The molecule has 2 heteroatoms. The predicted octanol–water partition coefficient (Wildman–Crippen LogP) is 11.5. The highest BCUT2D eigenvalue weighted by Gasteiger charge is 2.26. The summed E-state index contributed by atoms with van der Waals surface area (Å²) in [5.74, 6) is -0.0720. The number of carbonyl (C=O) groups excluding carboxylic acids is 1. The van der Waals surface area contributed by atoms with Crippen LogP contribution in [0, 0.1) is 5.41 Å². The molecule has 0 aromatic heterocycles. The highest BCUT2D eigenvalue weighted by Crippen LogP contribution is 2.40. The number of hydrogen-bond acceptors (Lipinski definition) is 2. The van der Waals surface area contributed by atoms with Crippen molar-refractivity contribution in [3.63, 3.8) is 0 Å². The van der Waals surface area contributed by atoms with Gasteiger partial charge in [-0.2, -0.15) is 0 Å². The molecule has 0 aromatic rings. The molecule has 38 heavy (non-hydrogen) atoms. The van der Waals surface area contributed by atoms with Crippen LogP contribution >= 0.6 is 0 Å². The van der Waals surface area contributed by atoms with Crippen LogP contribution < -0.4 is 0 Å². The Balaban J connectivity index is 2.13. The zero-order valence-electron chi connectivity index (χ0n) is 26.0. The van der Waals surface area contributed by atoms with E-state index in [1.165, 1.54) is 107 Å². The smallest absolute Gasteiger partial charge is 0.306 e. The minimum absolute atomic E-state index is 0.0720. The van der Waals surface area contributed by atoms with Gasteiger partial charge < -0.3 is 4.74 Å². The number of ether oxygens (including phenoxy) is 1. The molecule has 0 amide bonds. The Kier molecular flexibility index (Phi) is 18.9. The lowest BCUT2D eigenvalue weighted by Crippen LogP contribution is -2.19. The van der Waals surface area contributed by atoms with Gasteiger partial charge in [-0.3, -0.25) is 4.79 Å². The zero-order chi connectivity index (χ0) is 28.1. The quantitative estimate of drug-likeness (QED) is 0.0678. The van der Waals surface area contributed by atoms with Crippen LogP contribution in [0.2, 0.25) is 0 Å². The van der Waals surface area contributed by atoms with Crippen molar-refractivity contribution >= 4 is 5.97 Å². The Bertz CT molecular complexity index is 803. The molecule has 216 valence electrons. The molecule has 0 unspecified atom stereocenters. The standard InChI is InChI=1S/C36H60O2/c1-7-8-9-10-11-12-13-14-15-16-17-18-19-25-35(37)38-30-28-32(3)23-20-22-31(2)26-27-34-33(4)24-21-29-36(34,5)6/h20,22-23,26-28H,7-19,21,24-25,29-30H2,1-6H3/b23-20+,27-26+,31-22+,32-28+/i3+1,23+1,28+1,30+1,32+1. The summed E-state index contributed by atoms with van der Waals surface area (Å²) in [5, 5.41) is 0. The largest absolute Gasteiger partial charge is 0.461 e. The van der Waals surface area contributed by atoms with Crippen LogP contribution in [-0.4, -0.2) is 12.6 Å². The van der Waals surface area contributed by atoms with Crippen molar-refractivity contribution < 1.29 is 9.53 Å². The van der Waals surface area contributed by atoms with Gasteiger partial charge in [-0.1, -0.05) is 145 Å². The molecule has 0 atom stereocenters. The van der Waals surface area contributed by atoms with Crippen molar-refractivity contribution in [1.82, 2.24) is 0 Å². The summed E-state index contributed by atoms with van der Waals surface area (Å²) >= 11 is 0. The molecule has 0 radical (unpaired) electrons. The molecule has 0 fully saturated rings. The summed E-state index contributed by atoms with van der Waals surface area (Å²) in [6.07, 6.45) is 34.3. The van der Waals surface area contributed by atoms with E-state index >= 15 is 0 Å². The molecule has 0 N–H and O–H groups in total. The highest BCUT2D eigenvalue weighted by molar-refractivity contribution is 5.69. The molecule has 0 aliphatic heterocycles. The van der Waals surface area contributed by atoms with E-state index in [1.54, 1.807) is 0 Å². The van der Waals surface area contributed by atoms with Crippen LogP contribution in [0.3, 0.4) is 0 Å². The summed E-state index contributed by atoms with van der Waals surface area (Å²) in [5.41, 5.74) is 5.65. The van der Waals surface area contributed by atoms with Gasteiger partial charge in [-0.05, 0) is 63.5 Å². The van der Waals surface area contributed by atoms with Crippen molar-refractivity contribution in [2.24, 2.45) is 5.41 Å². The fraction of sp³-hybridized carbons (Fsp3) is 0.694. The molecule has 1 aliphatic rings. The second-order valence-electron chi connectivity index (χ2n) is 12.2. The molecule has 0 heterocycles. The zero-order valence-corrected chi connectivity index (χ0v) is 26.0. The normalized spacial score (nSPS) is 16.7. The third-order valence-electron chi connectivity index (χ3n) is 7.91. The lowest BCUT2D eigenvalue weighted by molar-refractivity contribution is -0.142. The minimum atomic E-state index is -0.0720. The first-order valence-corrected chi connectivity index (χ1v) is 15.8. The van der Waals surface area contributed by atoms with Gasteiger partial charge in [0.05, 0.1) is 0 Å². The van der Waals surface area contributed by atoms with Gasteiger partial charge in [-0.15, -0.1) is 0 Å². The van der Waals surface area contributed by atoms with Crippen LogP contribution in [0.25, 0.3) is 0 Å². The number of hydrogen-bond donors (Lipinski definition) is 0. The number of unbranched alkanes of at least 4 members (excludes halogenated alkanes) is 12. The van der Waals surface area contributed by atoms with Crippen molar-refractivity contribution in [3.8, 4) is 0 Å². The number of allylic oxidation sites excluding steroid dienone is 9. The van der Waals surface area contributed by atoms with E-state index in [4.69, 9.17) is 4.74 Å². The van der Waals surface area contributed by atoms with E-state index in [2.05, 4.69) is 71.9 Å². The van der Waals surface area contributed by atoms with Gasteiger partial charge in [0.1, 0.15) is 6.61 Å². The Morgan fingerprint density at radius 3 is 2.00 bits per heavy atom. The maximum Gasteiger partial charge on any atom is 0.306 e. The SMILES string of the molecule is CCCCCCCCCCCCCCCC(=O)O[13CH2]/[13CH]=[13C]([13CH3])/[13CH]=C/C=C(C)/C=C/C1=C(C)CCCC1(C)C. The van der Waals surface area contributed by atoms with Gasteiger partial charge in [0.2, 0.25) is 0 Å². The van der Waals surface area contributed by atoms with E-state index in [1.807, 2.05) is 6.08 Å². The molecule has 0 aromatic carbocycles. The van der Waals surface area contributed by atoms with Gasteiger partial charge in [0.25, 0.3) is 0 Å². The molecule has 0 saturated heterocycles. The van der Waals surface area contributed by atoms with Crippen molar-refractivity contribution in [2.45, 2.75) is 151 Å². The van der Waals surface area contributed by atoms with Crippen LogP contribution in [-0.2, 0) is 9.53 Å². The first-order valence-electron chi connectivity index (χ1n) is 15.8. The lowest BCUT2D eigenvalue weighted by atomic mass is 9.72. The third-order valence-corrected chi connectivity index (χ3v) is 7.91. The first kappa shape index (κ1) is 34.2. The van der Waals surface area contributed by atoms with Crippen LogP contribution in [0.5, 0.6) is 0 Å². The monoisotopic (exact) mass is 529 g/mol. The van der Waals surface area contributed by atoms with E-state index in [0.29, 0.717) is 13.0 Å². The van der Waals surface area contributed by atoms with E-state index in [0.717, 1.165) is 18.4 Å². The van der Waals surface area contributed by atoms with Crippen LogP contribution in [0.15, 0.2) is 58.7 Å². The first-order chi connectivity index (χ1) is 18.3. The van der Waals surface area contributed by atoms with E-state index < -0.39 is 0 Å². The molecular weight excluding hydrogens is 469 g/mol. The Hall–Kier alpha value is -1.83. The topological polar surface area (TPSA) is 26.3 Å². The molecule has 0 spiro atoms. The molecule has 2 nitrogen and oxygen atoms in total. The fourth-order valence-electron chi connectivity index (χ4n) is 5.33. The van der Waals surface area contributed by atoms with E-state index in [-0.39, 0.29) is 11.4 Å². The van der Waals surface area contributed by atoms with E-state index in [9.17, 15) is 4.79 Å². The third kappa shape index (κ3) is 16.9. The summed E-state index contributed by atoms with van der Waals surface area (Å²) in [6.45, 7) is 13.8. The van der Waals surface area contributed by atoms with Gasteiger partial charge in [0.15, 0.2) is 0 Å². The van der Waals surface area contributed by atoms with Crippen molar-refractivity contribution in [1.29, 1.82) is 0 Å². The van der Waals surface area contributed by atoms with Crippen LogP contribution in [0.1, 0.15) is 151 Å². The Morgan fingerprint density at radius 2 is 1.42 bits per heavy atom. The van der Waals surface area contributed by atoms with Crippen LogP contribution in [0.4, 0.5) is 0 Å². The second kappa shape index (κ2) is 21.0. The molecule has 1 rings (SSSR count). The molecule has 0 bridgehead atoms. The maximum absolute atomic E-state index is 12.0. The Morgan fingerprint density at radius 1 is 0.842 bits per heavy atom. The fourth-order valence-corrected chi connectivity index (χ4v) is 5.33. The van der Waals surface area contributed by atoms with Gasteiger partial charge >= 0.3 is 5.97 Å². The predicted molar refractivity (Wildman–Crippen MR) is 167 cm³/mol. The average molecular weight is 530 g/mol. The lowest BCUT2D eigenvalue weighted by Gasteiger charge is -2.32. The minimum Gasteiger partial charge on any atom is -0.461 e. The maximum atomic E-state index is 12.0. The summed E-state index contributed by atoms with van der Waals surface area (Å²) < 4.78 is 5.40. The number of esters is 1. The molecule has 0 saturated carbocycles. The molecular formula is C36H60O2. The molecule has 1 aliphatic carbocycles. The summed E-state index contributed by atoms with van der Waals surface area (Å²) in [4.78, 5) is 12.0. The van der Waals surface area contributed by atoms with Gasteiger partial charge in [0, 0.05) is 6.42 Å². The summed E-state index contributed by atoms with van der Waals surface area (Å²) in [6, 6.07) is 0. The highest BCUT2D eigenvalue weighted by atomic mass is 16.6. The second-order valence-corrected chi connectivity index (χ2v) is 12.2. The van der Waals surface area contributed by atoms with Crippen molar-refractivity contribution in [2.75, 3.05) is 6.61 Å².